The van der Waals surface area contributed by atoms with E-state index in [0.717, 1.165) is 43.9 Å². The van der Waals surface area contributed by atoms with Crippen molar-refractivity contribution < 1.29 is 9.53 Å². The quantitative estimate of drug-likeness (QED) is 0.826. The fourth-order valence-corrected chi connectivity index (χ4v) is 2.65. The SMILES string of the molecule is COCC1CCN(C(=O)Cn2nc(C)cc2C)CC1. The smallest absolute Gasteiger partial charge is 0.244 e. The summed E-state index contributed by atoms with van der Waals surface area (Å²) >= 11 is 0. The average Bonchev–Trinajstić information content (AvgIpc) is 2.69. The summed E-state index contributed by atoms with van der Waals surface area (Å²) < 4.78 is 6.96. The first-order valence-electron chi connectivity index (χ1n) is 6.88. The molecule has 1 amide bonds. The number of aromatic nitrogens is 2. The van der Waals surface area contributed by atoms with Crippen LogP contribution in [0.5, 0.6) is 0 Å². The molecule has 1 aliphatic rings. The Morgan fingerprint density at radius 3 is 2.63 bits per heavy atom. The summed E-state index contributed by atoms with van der Waals surface area (Å²) in [5.41, 5.74) is 2.00. The van der Waals surface area contributed by atoms with E-state index in [0.29, 0.717) is 12.5 Å². The Bertz CT molecular complexity index is 434. The number of piperidine rings is 1. The molecule has 5 heteroatoms. The predicted molar refractivity (Wildman–Crippen MR) is 72.9 cm³/mol. The number of aryl methyl sites for hydroxylation is 2. The Kier molecular flexibility index (Phi) is 4.58. The van der Waals surface area contributed by atoms with Crippen LogP contribution in [-0.4, -0.2) is 47.4 Å². The third kappa shape index (κ3) is 3.56. The summed E-state index contributed by atoms with van der Waals surface area (Å²) in [4.78, 5) is 14.2. The topological polar surface area (TPSA) is 47.4 Å². The first kappa shape index (κ1) is 14.1. The van der Waals surface area contributed by atoms with Gasteiger partial charge in [-0.15, -0.1) is 0 Å². The van der Waals surface area contributed by atoms with E-state index in [1.54, 1.807) is 11.8 Å². The molecule has 1 saturated heterocycles. The molecule has 2 heterocycles. The highest BCUT2D eigenvalue weighted by molar-refractivity contribution is 5.76. The van der Waals surface area contributed by atoms with E-state index in [9.17, 15) is 4.79 Å². The molecule has 0 spiro atoms. The Morgan fingerprint density at radius 2 is 2.11 bits per heavy atom. The number of carbonyl (C=O) groups excluding carboxylic acids is 1. The van der Waals surface area contributed by atoms with Crippen LogP contribution >= 0.6 is 0 Å². The van der Waals surface area contributed by atoms with E-state index >= 15 is 0 Å². The van der Waals surface area contributed by atoms with Gasteiger partial charge in [0.15, 0.2) is 0 Å². The highest BCUT2D eigenvalue weighted by atomic mass is 16.5. The number of hydrogen-bond acceptors (Lipinski definition) is 3. The molecule has 0 aliphatic carbocycles. The summed E-state index contributed by atoms with van der Waals surface area (Å²) in [5, 5.41) is 4.34. The van der Waals surface area contributed by atoms with Crippen molar-refractivity contribution in [3.05, 3.63) is 17.5 Å². The van der Waals surface area contributed by atoms with Gasteiger partial charge < -0.3 is 9.64 Å². The molecule has 5 nitrogen and oxygen atoms in total. The zero-order valence-electron chi connectivity index (χ0n) is 12.1. The summed E-state index contributed by atoms with van der Waals surface area (Å²) in [5.74, 6) is 0.768. The van der Waals surface area contributed by atoms with Crippen molar-refractivity contribution in [2.45, 2.75) is 33.2 Å². The van der Waals surface area contributed by atoms with E-state index in [2.05, 4.69) is 5.10 Å². The van der Waals surface area contributed by atoms with Crippen LogP contribution in [-0.2, 0) is 16.1 Å². The number of nitrogens with zero attached hydrogens (tertiary/aromatic N) is 3. The number of amides is 1. The molecular weight excluding hydrogens is 242 g/mol. The summed E-state index contributed by atoms with van der Waals surface area (Å²) in [6.07, 6.45) is 2.08. The summed E-state index contributed by atoms with van der Waals surface area (Å²) in [6.45, 7) is 6.77. The Labute approximate surface area is 114 Å². The van der Waals surface area contributed by atoms with E-state index in [1.165, 1.54) is 0 Å². The molecule has 106 valence electrons. The van der Waals surface area contributed by atoms with E-state index < -0.39 is 0 Å². The Hall–Kier alpha value is -1.36. The maximum atomic E-state index is 12.2. The monoisotopic (exact) mass is 265 g/mol. The van der Waals surface area contributed by atoms with Crippen molar-refractivity contribution in [2.75, 3.05) is 26.8 Å². The van der Waals surface area contributed by atoms with Crippen LogP contribution < -0.4 is 0 Å². The lowest BCUT2D eigenvalue weighted by molar-refractivity contribution is -0.133. The van der Waals surface area contributed by atoms with Gasteiger partial charge in [-0.05, 0) is 38.7 Å². The van der Waals surface area contributed by atoms with Crippen molar-refractivity contribution in [3.8, 4) is 0 Å². The second-order valence-electron chi connectivity index (χ2n) is 5.36. The lowest BCUT2D eigenvalue weighted by Crippen LogP contribution is -2.41. The highest BCUT2D eigenvalue weighted by Gasteiger charge is 2.23. The molecule has 1 fully saturated rings. The molecule has 1 aromatic heterocycles. The molecule has 1 aromatic rings. The van der Waals surface area contributed by atoms with Gasteiger partial charge >= 0.3 is 0 Å². The lowest BCUT2D eigenvalue weighted by Gasteiger charge is -2.31. The maximum Gasteiger partial charge on any atom is 0.244 e. The first-order chi connectivity index (χ1) is 9.10. The highest BCUT2D eigenvalue weighted by Crippen LogP contribution is 2.17. The van der Waals surface area contributed by atoms with Crippen molar-refractivity contribution >= 4 is 5.91 Å². The van der Waals surface area contributed by atoms with Crippen LogP contribution in [0, 0.1) is 19.8 Å². The normalized spacial score (nSPS) is 16.9. The first-order valence-corrected chi connectivity index (χ1v) is 6.88. The Balaban J connectivity index is 1.86. The van der Waals surface area contributed by atoms with Crippen molar-refractivity contribution in [3.63, 3.8) is 0 Å². The largest absolute Gasteiger partial charge is 0.384 e. The molecule has 19 heavy (non-hydrogen) atoms. The van der Waals surface area contributed by atoms with Crippen LogP contribution in [0.2, 0.25) is 0 Å². The van der Waals surface area contributed by atoms with E-state index in [1.807, 2.05) is 24.8 Å². The Morgan fingerprint density at radius 1 is 1.42 bits per heavy atom. The summed E-state index contributed by atoms with van der Waals surface area (Å²) in [6, 6.07) is 2.00. The minimum absolute atomic E-state index is 0.169. The van der Waals surface area contributed by atoms with Gasteiger partial charge in [0.25, 0.3) is 0 Å². The number of carbonyl (C=O) groups is 1. The van der Waals surface area contributed by atoms with Gasteiger partial charge in [-0.2, -0.15) is 5.10 Å². The molecule has 0 radical (unpaired) electrons. The number of ether oxygens (including phenoxy) is 1. The number of hydrogen-bond donors (Lipinski definition) is 0. The fraction of sp³-hybridized carbons (Fsp3) is 0.714. The van der Waals surface area contributed by atoms with E-state index in [4.69, 9.17) is 4.74 Å². The van der Waals surface area contributed by atoms with Gasteiger partial charge in [-0.3, -0.25) is 9.48 Å². The van der Waals surface area contributed by atoms with Gasteiger partial charge in [-0.25, -0.2) is 0 Å². The zero-order chi connectivity index (χ0) is 13.8. The number of rotatable bonds is 4. The third-order valence-corrected chi connectivity index (χ3v) is 3.76. The number of methoxy groups -OCH3 is 1. The summed E-state index contributed by atoms with van der Waals surface area (Å²) in [7, 11) is 1.74. The molecule has 0 unspecified atom stereocenters. The predicted octanol–water partition coefficient (Wildman–Crippen LogP) is 1.38. The van der Waals surface area contributed by atoms with Gasteiger partial charge in [0.1, 0.15) is 6.54 Å². The van der Waals surface area contributed by atoms with Gasteiger partial charge in [-0.1, -0.05) is 0 Å². The standard InChI is InChI=1S/C14H23N3O2/c1-11-8-12(2)17(15-11)9-14(18)16-6-4-13(5-7-16)10-19-3/h8,13H,4-7,9-10H2,1-3H3. The average molecular weight is 265 g/mol. The van der Waals surface area contributed by atoms with Crippen molar-refractivity contribution in [2.24, 2.45) is 5.92 Å². The molecule has 0 bridgehead atoms. The van der Waals surface area contributed by atoms with Crippen LogP contribution in [0.3, 0.4) is 0 Å². The van der Waals surface area contributed by atoms with Gasteiger partial charge in [0, 0.05) is 32.5 Å². The fourth-order valence-electron chi connectivity index (χ4n) is 2.65. The van der Waals surface area contributed by atoms with Crippen molar-refractivity contribution in [1.29, 1.82) is 0 Å². The van der Waals surface area contributed by atoms with Crippen molar-refractivity contribution in [1.82, 2.24) is 14.7 Å². The molecular formula is C14H23N3O2. The molecule has 1 aliphatic heterocycles. The van der Waals surface area contributed by atoms with Crippen LogP contribution in [0.1, 0.15) is 24.2 Å². The minimum Gasteiger partial charge on any atom is -0.384 e. The number of likely N-dealkylation sites (tertiary alicyclic amines) is 1. The molecule has 0 aromatic carbocycles. The van der Waals surface area contributed by atoms with Crippen LogP contribution in [0.4, 0.5) is 0 Å². The molecule has 0 atom stereocenters. The third-order valence-electron chi connectivity index (χ3n) is 3.76. The molecule has 0 N–H and O–H groups in total. The maximum absolute atomic E-state index is 12.2. The second-order valence-corrected chi connectivity index (χ2v) is 5.36. The second kappa shape index (κ2) is 6.19. The molecule has 0 saturated carbocycles. The van der Waals surface area contributed by atoms with E-state index in [-0.39, 0.29) is 5.91 Å². The van der Waals surface area contributed by atoms with Gasteiger partial charge in [0.05, 0.1) is 5.69 Å². The minimum atomic E-state index is 0.169. The van der Waals surface area contributed by atoms with Crippen LogP contribution in [0.25, 0.3) is 0 Å². The van der Waals surface area contributed by atoms with Crippen LogP contribution in [0.15, 0.2) is 6.07 Å². The molecule has 2 rings (SSSR count). The zero-order valence-corrected chi connectivity index (χ0v) is 12.1. The van der Waals surface area contributed by atoms with Gasteiger partial charge in [0.2, 0.25) is 5.91 Å². The lowest BCUT2D eigenvalue weighted by atomic mass is 9.98.